The number of Topliss-reactive ketones (excluding diaryl/α,β-unsaturated/α-hetero) is 1. The van der Waals surface area contributed by atoms with Gasteiger partial charge in [0.05, 0.1) is 0 Å². The van der Waals surface area contributed by atoms with Gasteiger partial charge in [0.1, 0.15) is 0 Å². The molecule has 0 aliphatic heterocycles. The number of hydrogen-bond donors (Lipinski definition) is 0. The van der Waals surface area contributed by atoms with Gasteiger partial charge in [-0.15, -0.1) is 0 Å². The Kier molecular flexibility index (Phi) is 5.22. The molecule has 11 heavy (non-hydrogen) atoms. The predicted molar refractivity (Wildman–Crippen MR) is 48.8 cm³/mol. The molecule has 0 bridgehead atoms. The number of halogens is 1. The van der Waals surface area contributed by atoms with Crippen molar-refractivity contribution in [2.45, 2.75) is 40.0 Å². The van der Waals surface area contributed by atoms with Gasteiger partial charge < -0.3 is 0 Å². The van der Waals surface area contributed by atoms with Gasteiger partial charge in [-0.05, 0) is 12.8 Å². The second-order valence-electron chi connectivity index (χ2n) is 2.37. The van der Waals surface area contributed by atoms with Crippen molar-refractivity contribution in [1.29, 1.82) is 0 Å². The molecule has 0 fully saturated rings. The minimum Gasteiger partial charge on any atom is -0.295 e. The van der Waals surface area contributed by atoms with Crippen LogP contribution in [0.4, 0.5) is 0 Å². The molecular weight excluding hydrogens is 160 g/mol. The number of carbonyl (C=O) groups is 1. The highest BCUT2D eigenvalue weighted by molar-refractivity contribution is 6.31. The molecule has 0 aromatic heterocycles. The Morgan fingerprint density at radius 2 is 1.64 bits per heavy atom. The summed E-state index contributed by atoms with van der Waals surface area (Å²) in [5.74, 6) is 0.180. The largest absolute Gasteiger partial charge is 0.295 e. The SMILES string of the molecule is CCC(=O)/C(CC)=C(/Cl)CC. The van der Waals surface area contributed by atoms with Crippen molar-refractivity contribution < 1.29 is 4.79 Å². The lowest BCUT2D eigenvalue weighted by Gasteiger charge is -2.03. The Balaban J connectivity index is 4.50. The summed E-state index contributed by atoms with van der Waals surface area (Å²) >= 11 is 5.86. The highest BCUT2D eigenvalue weighted by Gasteiger charge is 2.08. The second-order valence-corrected chi connectivity index (χ2v) is 2.82. The van der Waals surface area contributed by atoms with E-state index in [1.165, 1.54) is 0 Å². The summed E-state index contributed by atoms with van der Waals surface area (Å²) in [4.78, 5) is 11.2. The first-order valence-corrected chi connectivity index (χ1v) is 4.45. The van der Waals surface area contributed by atoms with E-state index in [0.717, 1.165) is 23.4 Å². The fourth-order valence-electron chi connectivity index (χ4n) is 0.967. The molecule has 0 spiro atoms. The van der Waals surface area contributed by atoms with E-state index >= 15 is 0 Å². The molecule has 0 aliphatic carbocycles. The molecule has 0 amide bonds. The Morgan fingerprint density at radius 1 is 1.09 bits per heavy atom. The fourth-order valence-corrected chi connectivity index (χ4v) is 1.21. The van der Waals surface area contributed by atoms with Crippen LogP contribution >= 0.6 is 11.6 Å². The highest BCUT2D eigenvalue weighted by atomic mass is 35.5. The molecular formula is C9H15ClO. The van der Waals surface area contributed by atoms with Crippen LogP contribution in [0.15, 0.2) is 10.6 Å². The molecule has 2 heteroatoms. The van der Waals surface area contributed by atoms with Crippen molar-refractivity contribution in [1.82, 2.24) is 0 Å². The van der Waals surface area contributed by atoms with E-state index in [4.69, 9.17) is 11.6 Å². The third-order valence-corrected chi connectivity index (χ3v) is 2.14. The van der Waals surface area contributed by atoms with E-state index < -0.39 is 0 Å². The summed E-state index contributed by atoms with van der Waals surface area (Å²) in [6, 6.07) is 0. The van der Waals surface area contributed by atoms with Crippen molar-refractivity contribution in [3.8, 4) is 0 Å². The number of rotatable bonds is 4. The van der Waals surface area contributed by atoms with Gasteiger partial charge in [-0.1, -0.05) is 32.4 Å². The van der Waals surface area contributed by atoms with E-state index in [1.54, 1.807) is 0 Å². The normalized spacial score (nSPS) is 12.7. The first-order valence-electron chi connectivity index (χ1n) is 4.08. The highest BCUT2D eigenvalue weighted by Crippen LogP contribution is 2.18. The second kappa shape index (κ2) is 5.36. The van der Waals surface area contributed by atoms with Gasteiger partial charge in [-0.25, -0.2) is 0 Å². The predicted octanol–water partition coefficient (Wildman–Crippen LogP) is 3.28. The molecule has 1 nitrogen and oxygen atoms in total. The molecule has 0 saturated carbocycles. The van der Waals surface area contributed by atoms with Gasteiger partial charge >= 0.3 is 0 Å². The Bertz CT molecular complexity index is 170. The first-order chi connectivity index (χ1) is 5.17. The van der Waals surface area contributed by atoms with Crippen LogP contribution in [0.2, 0.25) is 0 Å². The van der Waals surface area contributed by atoms with Crippen LogP contribution in [-0.2, 0) is 4.79 Å². The van der Waals surface area contributed by atoms with Crippen molar-refractivity contribution in [3.05, 3.63) is 10.6 Å². The zero-order valence-electron chi connectivity index (χ0n) is 7.41. The average Bonchev–Trinajstić information content (AvgIpc) is 2.05. The fraction of sp³-hybridized carbons (Fsp3) is 0.667. The van der Waals surface area contributed by atoms with E-state index in [2.05, 4.69) is 0 Å². The van der Waals surface area contributed by atoms with Crippen molar-refractivity contribution in [2.75, 3.05) is 0 Å². The summed E-state index contributed by atoms with van der Waals surface area (Å²) in [5.41, 5.74) is 0.802. The summed E-state index contributed by atoms with van der Waals surface area (Å²) in [7, 11) is 0. The van der Waals surface area contributed by atoms with Gasteiger partial charge in [0, 0.05) is 17.0 Å². The lowest BCUT2D eigenvalue weighted by atomic mass is 10.1. The summed E-state index contributed by atoms with van der Waals surface area (Å²) in [6.07, 6.45) is 2.06. The van der Waals surface area contributed by atoms with Crippen LogP contribution in [0.25, 0.3) is 0 Å². The molecule has 0 unspecified atom stereocenters. The van der Waals surface area contributed by atoms with Gasteiger partial charge in [-0.3, -0.25) is 4.79 Å². The third kappa shape index (κ3) is 3.06. The topological polar surface area (TPSA) is 17.1 Å². The number of allylic oxidation sites excluding steroid dienone is 2. The molecule has 0 aromatic carbocycles. The maximum Gasteiger partial charge on any atom is 0.159 e. The minimum atomic E-state index is 0.180. The monoisotopic (exact) mass is 174 g/mol. The molecule has 0 radical (unpaired) electrons. The van der Waals surface area contributed by atoms with Crippen LogP contribution in [0.1, 0.15) is 40.0 Å². The first kappa shape index (κ1) is 10.7. The molecule has 0 saturated heterocycles. The van der Waals surface area contributed by atoms with E-state index in [1.807, 2.05) is 20.8 Å². The zero-order chi connectivity index (χ0) is 8.85. The lowest BCUT2D eigenvalue weighted by Crippen LogP contribution is -2.01. The van der Waals surface area contributed by atoms with Crippen LogP contribution in [0.5, 0.6) is 0 Å². The molecule has 64 valence electrons. The van der Waals surface area contributed by atoms with Gasteiger partial charge in [0.25, 0.3) is 0 Å². The van der Waals surface area contributed by atoms with Crippen LogP contribution in [0.3, 0.4) is 0 Å². The molecule has 0 atom stereocenters. The zero-order valence-corrected chi connectivity index (χ0v) is 8.16. The maximum atomic E-state index is 11.2. The number of hydrogen-bond acceptors (Lipinski definition) is 1. The molecule has 0 heterocycles. The van der Waals surface area contributed by atoms with Crippen molar-refractivity contribution >= 4 is 17.4 Å². The van der Waals surface area contributed by atoms with E-state index in [0.29, 0.717) is 6.42 Å². The molecule has 0 rings (SSSR count). The van der Waals surface area contributed by atoms with Crippen molar-refractivity contribution in [2.24, 2.45) is 0 Å². The number of ketones is 1. The van der Waals surface area contributed by atoms with Gasteiger partial charge in [-0.2, -0.15) is 0 Å². The lowest BCUT2D eigenvalue weighted by molar-refractivity contribution is -0.115. The molecule has 0 aromatic rings. The number of carbonyl (C=O) groups excluding carboxylic acids is 1. The average molecular weight is 175 g/mol. The Labute approximate surface area is 73.4 Å². The van der Waals surface area contributed by atoms with Crippen LogP contribution in [-0.4, -0.2) is 5.78 Å². The molecule has 0 N–H and O–H groups in total. The van der Waals surface area contributed by atoms with Crippen LogP contribution < -0.4 is 0 Å². The summed E-state index contributed by atoms with van der Waals surface area (Å²) < 4.78 is 0. The third-order valence-electron chi connectivity index (χ3n) is 1.65. The van der Waals surface area contributed by atoms with E-state index in [9.17, 15) is 4.79 Å². The maximum absolute atomic E-state index is 11.2. The Morgan fingerprint density at radius 3 is 1.91 bits per heavy atom. The Hall–Kier alpha value is -0.300. The quantitative estimate of drug-likeness (QED) is 0.598. The van der Waals surface area contributed by atoms with Crippen molar-refractivity contribution in [3.63, 3.8) is 0 Å². The van der Waals surface area contributed by atoms with Crippen LogP contribution in [0, 0.1) is 0 Å². The smallest absolute Gasteiger partial charge is 0.159 e. The summed E-state index contributed by atoms with van der Waals surface area (Å²) in [5, 5.41) is 0.722. The molecule has 0 aliphatic rings. The summed E-state index contributed by atoms with van der Waals surface area (Å²) in [6.45, 7) is 5.78. The standard InChI is InChI=1S/C9H15ClO/c1-4-7(8(10)5-2)9(11)6-3/h4-6H2,1-3H3/b8-7+. The van der Waals surface area contributed by atoms with Gasteiger partial charge in [0.2, 0.25) is 0 Å². The van der Waals surface area contributed by atoms with Gasteiger partial charge in [0.15, 0.2) is 5.78 Å². The van der Waals surface area contributed by atoms with E-state index in [-0.39, 0.29) is 5.78 Å². The minimum absolute atomic E-state index is 0.180.